The fourth-order valence-electron chi connectivity index (χ4n) is 1.00. The van der Waals surface area contributed by atoms with E-state index in [0.717, 1.165) is 5.56 Å². The van der Waals surface area contributed by atoms with Gasteiger partial charge in [0.25, 0.3) is 0 Å². The summed E-state index contributed by atoms with van der Waals surface area (Å²) in [6, 6.07) is 9.76. The van der Waals surface area contributed by atoms with Crippen molar-refractivity contribution in [3.05, 3.63) is 41.7 Å². The van der Waals surface area contributed by atoms with E-state index in [4.69, 9.17) is 4.52 Å². The summed E-state index contributed by atoms with van der Waals surface area (Å²) < 4.78 is 5.13. The Morgan fingerprint density at radius 1 is 1.29 bits per heavy atom. The van der Waals surface area contributed by atoms with Crippen LogP contribution in [-0.2, 0) is 4.52 Å². The summed E-state index contributed by atoms with van der Waals surface area (Å²) in [4.78, 5) is 11.3. The molecule has 1 rings (SSSR count). The van der Waals surface area contributed by atoms with E-state index in [9.17, 15) is 4.89 Å². The van der Waals surface area contributed by atoms with Crippen molar-refractivity contribution >= 4 is 14.5 Å². The summed E-state index contributed by atoms with van der Waals surface area (Å²) in [5.41, 5.74) is 1.04. The van der Waals surface area contributed by atoms with E-state index < -0.39 is 8.38 Å². The van der Waals surface area contributed by atoms with Gasteiger partial charge in [0.05, 0.1) is 11.9 Å². The van der Waals surface area contributed by atoms with E-state index in [2.05, 4.69) is 0 Å². The van der Waals surface area contributed by atoms with Crippen LogP contribution in [0.15, 0.2) is 36.1 Å². The molecule has 0 spiro atoms. The van der Waals surface area contributed by atoms with Crippen LogP contribution >= 0.6 is 8.38 Å². The van der Waals surface area contributed by atoms with E-state index in [0.29, 0.717) is 0 Å². The van der Waals surface area contributed by atoms with Gasteiger partial charge < -0.3 is 4.89 Å². The van der Waals surface area contributed by atoms with E-state index in [1.807, 2.05) is 50.3 Å². The minimum absolute atomic E-state index is 0.0156. The second-order valence-electron chi connectivity index (χ2n) is 3.23. The molecule has 1 atom stereocenters. The fraction of sp³-hybridized carbons (Fsp3) is 0.273. The third kappa shape index (κ3) is 4.52. The molecule has 0 saturated heterocycles. The minimum atomic E-state index is -2.02. The molecule has 2 nitrogen and oxygen atoms in total. The SMILES string of the molecule is CC(C)O[PH+]([O-])/C=C/c1ccccc1. The highest BCUT2D eigenvalue weighted by Gasteiger charge is 2.01. The second kappa shape index (κ2) is 5.92. The van der Waals surface area contributed by atoms with Crippen molar-refractivity contribution in [3.8, 4) is 0 Å². The molecule has 0 heterocycles. The van der Waals surface area contributed by atoms with Crippen molar-refractivity contribution in [2.75, 3.05) is 0 Å². The number of rotatable bonds is 4. The van der Waals surface area contributed by atoms with Crippen molar-refractivity contribution < 1.29 is 9.42 Å². The predicted molar refractivity (Wildman–Crippen MR) is 60.0 cm³/mol. The van der Waals surface area contributed by atoms with Crippen LogP contribution in [0.5, 0.6) is 0 Å². The van der Waals surface area contributed by atoms with Crippen LogP contribution in [0.3, 0.4) is 0 Å². The van der Waals surface area contributed by atoms with E-state index in [1.54, 1.807) is 5.82 Å². The molecule has 0 aliphatic heterocycles. The molecule has 14 heavy (non-hydrogen) atoms. The normalized spacial score (nSPS) is 13.7. The molecule has 0 aromatic heterocycles. The molecule has 76 valence electrons. The maximum absolute atomic E-state index is 11.3. The highest BCUT2D eigenvalue weighted by molar-refractivity contribution is 7.48. The third-order valence-electron chi connectivity index (χ3n) is 1.56. The summed E-state index contributed by atoms with van der Waals surface area (Å²) >= 11 is 0. The predicted octanol–water partition coefficient (Wildman–Crippen LogP) is 2.49. The van der Waals surface area contributed by atoms with Crippen LogP contribution in [0, 0.1) is 0 Å². The monoisotopic (exact) mass is 210 g/mol. The lowest BCUT2D eigenvalue weighted by atomic mass is 10.2. The second-order valence-corrected chi connectivity index (χ2v) is 4.44. The number of hydrogen-bond acceptors (Lipinski definition) is 2. The number of benzene rings is 1. The first kappa shape index (κ1) is 11.4. The smallest absolute Gasteiger partial charge is 0.112 e. The van der Waals surface area contributed by atoms with Crippen LogP contribution in [0.1, 0.15) is 19.4 Å². The van der Waals surface area contributed by atoms with Gasteiger partial charge in [0.1, 0.15) is 8.38 Å². The average molecular weight is 210 g/mol. The Hall–Kier alpha value is -0.690. The van der Waals surface area contributed by atoms with Gasteiger partial charge in [-0.05, 0) is 25.5 Å². The van der Waals surface area contributed by atoms with E-state index >= 15 is 0 Å². The van der Waals surface area contributed by atoms with Crippen molar-refractivity contribution in [1.82, 2.24) is 0 Å². The lowest BCUT2D eigenvalue weighted by molar-refractivity contribution is -0.179. The zero-order valence-corrected chi connectivity index (χ0v) is 9.44. The van der Waals surface area contributed by atoms with Gasteiger partial charge in [0.2, 0.25) is 0 Å². The fourth-order valence-corrected chi connectivity index (χ4v) is 1.87. The van der Waals surface area contributed by atoms with Crippen LogP contribution in [-0.4, -0.2) is 6.10 Å². The molecule has 0 radical (unpaired) electrons. The molecule has 3 heteroatoms. The lowest BCUT2D eigenvalue weighted by Crippen LogP contribution is -2.03. The Kier molecular flexibility index (Phi) is 4.81. The zero-order chi connectivity index (χ0) is 10.4. The molecular formula is C11H15O2P. The highest BCUT2D eigenvalue weighted by Crippen LogP contribution is 2.30. The molecule has 0 fully saturated rings. The van der Waals surface area contributed by atoms with E-state index in [-0.39, 0.29) is 6.10 Å². The van der Waals surface area contributed by atoms with Crippen molar-refractivity contribution in [3.63, 3.8) is 0 Å². The highest BCUT2D eigenvalue weighted by atomic mass is 31.2. The first-order chi connectivity index (χ1) is 6.68. The van der Waals surface area contributed by atoms with Gasteiger partial charge >= 0.3 is 0 Å². The Morgan fingerprint density at radius 3 is 2.50 bits per heavy atom. The molecule has 1 unspecified atom stereocenters. The maximum Gasteiger partial charge on any atom is 0.112 e. The lowest BCUT2D eigenvalue weighted by Gasteiger charge is -2.10. The van der Waals surface area contributed by atoms with E-state index in [1.165, 1.54) is 0 Å². The van der Waals surface area contributed by atoms with Crippen molar-refractivity contribution in [2.24, 2.45) is 0 Å². The minimum Gasteiger partial charge on any atom is -0.654 e. The van der Waals surface area contributed by atoms with Crippen LogP contribution in [0.2, 0.25) is 0 Å². The summed E-state index contributed by atoms with van der Waals surface area (Å²) in [6.07, 6.45) is 1.84. The number of hydrogen-bond donors (Lipinski definition) is 0. The Bertz CT molecular complexity index is 283. The molecule has 1 aromatic rings. The summed E-state index contributed by atoms with van der Waals surface area (Å²) in [6.45, 7) is 3.75. The van der Waals surface area contributed by atoms with Gasteiger partial charge in [-0.15, -0.1) is 0 Å². The summed E-state index contributed by atoms with van der Waals surface area (Å²) in [5.74, 6) is 1.62. The first-order valence-electron chi connectivity index (χ1n) is 4.62. The first-order valence-corrected chi connectivity index (χ1v) is 6.01. The van der Waals surface area contributed by atoms with Crippen LogP contribution < -0.4 is 4.89 Å². The summed E-state index contributed by atoms with van der Waals surface area (Å²) in [5, 5.41) is 0. The average Bonchev–Trinajstić information content (AvgIpc) is 2.15. The quantitative estimate of drug-likeness (QED) is 0.715. The van der Waals surface area contributed by atoms with Crippen LogP contribution in [0.4, 0.5) is 0 Å². The molecule has 0 bridgehead atoms. The molecule has 0 saturated carbocycles. The topological polar surface area (TPSA) is 32.3 Å². The maximum atomic E-state index is 11.3. The van der Waals surface area contributed by atoms with Crippen molar-refractivity contribution in [2.45, 2.75) is 20.0 Å². The molecular weight excluding hydrogens is 195 g/mol. The Morgan fingerprint density at radius 2 is 1.93 bits per heavy atom. The Balaban J connectivity index is 2.48. The van der Waals surface area contributed by atoms with Gasteiger partial charge in [0.15, 0.2) is 0 Å². The third-order valence-corrected chi connectivity index (χ3v) is 2.71. The molecule has 0 aliphatic carbocycles. The van der Waals surface area contributed by atoms with Gasteiger partial charge in [-0.3, -0.25) is 0 Å². The van der Waals surface area contributed by atoms with Gasteiger partial charge in [0, 0.05) is 0 Å². The van der Waals surface area contributed by atoms with Crippen molar-refractivity contribution in [1.29, 1.82) is 0 Å². The standard InChI is InChI=1S/C11H15O2P/c1-10(2)13-14(12)9-8-11-6-4-3-5-7-11/h3-10,14H,1-2H3/b9-8+. The molecule has 0 amide bonds. The summed E-state index contributed by atoms with van der Waals surface area (Å²) in [7, 11) is -2.02. The largest absolute Gasteiger partial charge is 0.654 e. The molecule has 0 N–H and O–H groups in total. The van der Waals surface area contributed by atoms with Gasteiger partial charge in [-0.2, -0.15) is 0 Å². The zero-order valence-electron chi connectivity index (χ0n) is 8.44. The Labute approximate surface area is 86.1 Å². The van der Waals surface area contributed by atoms with Gasteiger partial charge in [-0.25, -0.2) is 4.52 Å². The molecule has 1 aromatic carbocycles. The van der Waals surface area contributed by atoms with Gasteiger partial charge in [-0.1, -0.05) is 30.3 Å². The van der Waals surface area contributed by atoms with Crippen LogP contribution in [0.25, 0.3) is 6.08 Å². The molecule has 0 aliphatic rings.